The summed E-state index contributed by atoms with van der Waals surface area (Å²) in [6.07, 6.45) is 1.30. The highest BCUT2D eigenvalue weighted by atomic mass is 16.5. The van der Waals surface area contributed by atoms with Crippen LogP contribution in [0.15, 0.2) is 24.3 Å². The molecule has 0 fully saturated rings. The van der Waals surface area contributed by atoms with Crippen molar-refractivity contribution in [1.82, 2.24) is 0 Å². The summed E-state index contributed by atoms with van der Waals surface area (Å²) < 4.78 is 9.88. The third kappa shape index (κ3) is 4.02. The minimum Gasteiger partial charge on any atom is -0.493 e. The minimum absolute atomic E-state index is 0.250. The van der Waals surface area contributed by atoms with E-state index in [9.17, 15) is 4.79 Å². The molecule has 0 heterocycles. The third-order valence-electron chi connectivity index (χ3n) is 2.13. The molecule has 0 amide bonds. The number of esters is 1. The third-order valence-corrected chi connectivity index (χ3v) is 2.13. The number of ether oxygens (including phenoxy) is 2. The van der Waals surface area contributed by atoms with E-state index in [4.69, 9.17) is 4.74 Å². The quantitative estimate of drug-likeness (QED) is 0.696. The Bertz CT molecular complexity index is 303. The van der Waals surface area contributed by atoms with E-state index >= 15 is 0 Å². The molecule has 0 N–H and O–H groups in total. The zero-order valence-electron chi connectivity index (χ0n) is 9.16. The fraction of sp³-hybridized carbons (Fsp3) is 0.417. The molecule has 0 unspecified atom stereocenters. The Balaban J connectivity index is 2.34. The molecule has 1 aromatic rings. The van der Waals surface area contributed by atoms with Crippen molar-refractivity contribution in [3.05, 3.63) is 29.8 Å². The first-order valence-electron chi connectivity index (χ1n) is 5.04. The molecular formula is C12H16O3. The Hall–Kier alpha value is -1.51. The van der Waals surface area contributed by atoms with Crippen LogP contribution in [0.25, 0.3) is 0 Å². The van der Waals surface area contributed by atoms with Gasteiger partial charge in [0.2, 0.25) is 0 Å². The van der Waals surface area contributed by atoms with Gasteiger partial charge in [-0.15, -0.1) is 0 Å². The predicted octanol–water partition coefficient (Wildman–Crippen LogP) is 2.19. The van der Waals surface area contributed by atoms with Crippen LogP contribution in [0.1, 0.15) is 18.9 Å². The summed E-state index contributed by atoms with van der Waals surface area (Å²) in [6, 6.07) is 7.87. The maximum atomic E-state index is 10.8. The number of carbonyl (C=O) groups excluding carboxylic acids is 1. The SMILES string of the molecule is CCc1ccc(OCCC(=O)OC)cc1. The fourth-order valence-electron chi connectivity index (χ4n) is 1.18. The Morgan fingerprint density at radius 2 is 1.93 bits per heavy atom. The van der Waals surface area contributed by atoms with Crippen LogP contribution >= 0.6 is 0 Å². The molecular weight excluding hydrogens is 192 g/mol. The Morgan fingerprint density at radius 3 is 2.47 bits per heavy atom. The van der Waals surface area contributed by atoms with Gasteiger partial charge in [0, 0.05) is 0 Å². The van der Waals surface area contributed by atoms with Crippen LogP contribution in [0.4, 0.5) is 0 Å². The number of hydrogen-bond donors (Lipinski definition) is 0. The van der Waals surface area contributed by atoms with Crippen molar-refractivity contribution in [2.24, 2.45) is 0 Å². The van der Waals surface area contributed by atoms with Crippen LogP contribution in [-0.4, -0.2) is 19.7 Å². The van der Waals surface area contributed by atoms with Crippen molar-refractivity contribution in [3.63, 3.8) is 0 Å². The molecule has 0 aromatic heterocycles. The lowest BCUT2D eigenvalue weighted by atomic mass is 10.2. The van der Waals surface area contributed by atoms with Crippen LogP contribution < -0.4 is 4.74 Å². The largest absolute Gasteiger partial charge is 0.493 e. The highest BCUT2D eigenvalue weighted by molar-refractivity contribution is 5.69. The van der Waals surface area contributed by atoms with Crippen LogP contribution in [0.2, 0.25) is 0 Å². The van der Waals surface area contributed by atoms with Crippen molar-refractivity contribution in [3.8, 4) is 5.75 Å². The van der Waals surface area contributed by atoms with Crippen LogP contribution in [-0.2, 0) is 16.0 Å². The number of carbonyl (C=O) groups is 1. The van der Waals surface area contributed by atoms with Crippen molar-refractivity contribution >= 4 is 5.97 Å². The highest BCUT2D eigenvalue weighted by Crippen LogP contribution is 2.12. The first-order chi connectivity index (χ1) is 7.26. The number of methoxy groups -OCH3 is 1. The van der Waals surface area contributed by atoms with Gasteiger partial charge >= 0.3 is 5.97 Å². The number of aryl methyl sites for hydroxylation is 1. The van der Waals surface area contributed by atoms with Gasteiger partial charge in [-0.1, -0.05) is 19.1 Å². The summed E-state index contributed by atoms with van der Waals surface area (Å²) in [5.41, 5.74) is 1.27. The summed E-state index contributed by atoms with van der Waals surface area (Å²) in [4.78, 5) is 10.8. The molecule has 0 saturated carbocycles. The van der Waals surface area contributed by atoms with Gasteiger partial charge in [0.15, 0.2) is 0 Å². The molecule has 1 aromatic carbocycles. The maximum absolute atomic E-state index is 10.8. The van der Waals surface area contributed by atoms with E-state index < -0.39 is 0 Å². The van der Waals surface area contributed by atoms with Crippen LogP contribution in [0.3, 0.4) is 0 Å². The van der Waals surface area contributed by atoms with Gasteiger partial charge in [-0.05, 0) is 24.1 Å². The summed E-state index contributed by atoms with van der Waals surface area (Å²) in [7, 11) is 1.37. The molecule has 0 atom stereocenters. The summed E-state index contributed by atoms with van der Waals surface area (Å²) in [5.74, 6) is 0.538. The van der Waals surface area contributed by atoms with Crippen molar-refractivity contribution in [2.75, 3.05) is 13.7 Å². The number of benzene rings is 1. The second kappa shape index (κ2) is 6.06. The Labute approximate surface area is 90.0 Å². The predicted molar refractivity (Wildman–Crippen MR) is 57.9 cm³/mol. The molecule has 0 radical (unpaired) electrons. The fourth-order valence-corrected chi connectivity index (χ4v) is 1.18. The normalized spacial score (nSPS) is 9.73. The van der Waals surface area contributed by atoms with Gasteiger partial charge in [0.25, 0.3) is 0 Å². The van der Waals surface area contributed by atoms with E-state index in [1.54, 1.807) is 0 Å². The van der Waals surface area contributed by atoms with Gasteiger partial charge in [0.1, 0.15) is 5.75 Å². The average Bonchev–Trinajstić information content (AvgIpc) is 2.29. The Kier molecular flexibility index (Phi) is 4.68. The van der Waals surface area contributed by atoms with E-state index in [1.807, 2.05) is 24.3 Å². The highest BCUT2D eigenvalue weighted by Gasteiger charge is 2.00. The van der Waals surface area contributed by atoms with Gasteiger partial charge in [-0.25, -0.2) is 0 Å². The van der Waals surface area contributed by atoms with Crippen LogP contribution in [0, 0.1) is 0 Å². The molecule has 15 heavy (non-hydrogen) atoms. The number of rotatable bonds is 5. The lowest BCUT2D eigenvalue weighted by molar-refractivity contribution is -0.141. The van der Waals surface area contributed by atoms with Crippen molar-refractivity contribution in [1.29, 1.82) is 0 Å². The van der Waals surface area contributed by atoms with E-state index in [1.165, 1.54) is 12.7 Å². The van der Waals surface area contributed by atoms with Gasteiger partial charge in [-0.3, -0.25) is 4.79 Å². The van der Waals surface area contributed by atoms with Gasteiger partial charge in [0.05, 0.1) is 20.1 Å². The summed E-state index contributed by atoms with van der Waals surface area (Å²) >= 11 is 0. The number of hydrogen-bond acceptors (Lipinski definition) is 3. The van der Waals surface area contributed by atoms with E-state index in [2.05, 4.69) is 11.7 Å². The lowest BCUT2D eigenvalue weighted by Gasteiger charge is -2.05. The second-order valence-corrected chi connectivity index (χ2v) is 3.17. The van der Waals surface area contributed by atoms with E-state index in [0.717, 1.165) is 12.2 Å². The topological polar surface area (TPSA) is 35.5 Å². The summed E-state index contributed by atoms with van der Waals surface area (Å²) in [6.45, 7) is 2.46. The zero-order chi connectivity index (χ0) is 11.1. The molecule has 0 aliphatic heterocycles. The monoisotopic (exact) mass is 208 g/mol. The molecule has 0 aliphatic rings. The molecule has 0 aliphatic carbocycles. The first-order valence-corrected chi connectivity index (χ1v) is 5.04. The average molecular weight is 208 g/mol. The molecule has 0 spiro atoms. The molecule has 82 valence electrons. The van der Waals surface area contributed by atoms with E-state index in [-0.39, 0.29) is 12.4 Å². The second-order valence-electron chi connectivity index (χ2n) is 3.17. The molecule has 0 bridgehead atoms. The molecule has 3 heteroatoms. The van der Waals surface area contributed by atoms with Crippen molar-refractivity contribution < 1.29 is 14.3 Å². The van der Waals surface area contributed by atoms with Crippen LogP contribution in [0.5, 0.6) is 5.75 Å². The zero-order valence-corrected chi connectivity index (χ0v) is 9.16. The first kappa shape index (κ1) is 11.6. The Morgan fingerprint density at radius 1 is 1.27 bits per heavy atom. The molecule has 3 nitrogen and oxygen atoms in total. The standard InChI is InChI=1S/C12H16O3/c1-3-10-4-6-11(7-5-10)15-9-8-12(13)14-2/h4-7H,3,8-9H2,1-2H3. The smallest absolute Gasteiger partial charge is 0.308 e. The molecule has 1 rings (SSSR count). The minimum atomic E-state index is -0.250. The molecule has 0 saturated heterocycles. The van der Waals surface area contributed by atoms with Gasteiger partial charge < -0.3 is 9.47 Å². The van der Waals surface area contributed by atoms with Gasteiger partial charge in [-0.2, -0.15) is 0 Å². The van der Waals surface area contributed by atoms with Crippen molar-refractivity contribution in [2.45, 2.75) is 19.8 Å². The maximum Gasteiger partial charge on any atom is 0.308 e. The lowest BCUT2D eigenvalue weighted by Crippen LogP contribution is -2.07. The van der Waals surface area contributed by atoms with E-state index in [0.29, 0.717) is 6.61 Å². The summed E-state index contributed by atoms with van der Waals surface area (Å²) in [5, 5.41) is 0.